The Bertz CT molecular complexity index is 637. The molecule has 0 heterocycles. The van der Waals surface area contributed by atoms with Gasteiger partial charge < -0.3 is 9.84 Å². The van der Waals surface area contributed by atoms with Crippen molar-refractivity contribution in [3.05, 3.63) is 23.3 Å². The van der Waals surface area contributed by atoms with Crippen LogP contribution in [0, 0.1) is 19.8 Å². The van der Waals surface area contributed by atoms with Crippen molar-refractivity contribution in [3.8, 4) is 5.75 Å². The summed E-state index contributed by atoms with van der Waals surface area (Å²) in [6.07, 6.45) is 0. The number of carbonyl (C=O) groups is 1. The van der Waals surface area contributed by atoms with Crippen LogP contribution in [0.15, 0.2) is 17.0 Å². The quantitative estimate of drug-likeness (QED) is 0.833. The predicted molar refractivity (Wildman–Crippen MR) is 79.1 cm³/mol. The Labute approximate surface area is 125 Å². The summed E-state index contributed by atoms with van der Waals surface area (Å²) in [5.41, 5.74) is 1.24. The lowest BCUT2D eigenvalue weighted by atomic mass is 10.1. The van der Waals surface area contributed by atoms with E-state index in [1.807, 2.05) is 0 Å². The zero-order valence-electron chi connectivity index (χ0n) is 12.8. The maximum Gasteiger partial charge on any atom is 0.322 e. The van der Waals surface area contributed by atoms with Crippen molar-refractivity contribution in [1.29, 1.82) is 0 Å². The van der Waals surface area contributed by atoms with Crippen LogP contribution in [0.1, 0.15) is 25.0 Å². The second-order valence-corrected chi connectivity index (χ2v) is 6.88. The van der Waals surface area contributed by atoms with Crippen LogP contribution in [0.5, 0.6) is 5.75 Å². The lowest BCUT2D eigenvalue weighted by Crippen LogP contribution is -2.44. The van der Waals surface area contributed by atoms with E-state index in [2.05, 4.69) is 4.72 Å². The fourth-order valence-corrected chi connectivity index (χ4v) is 3.62. The SMILES string of the molecule is COc1ccc(S(=O)(=O)NC(C(=O)O)C(C)C)c(C)c1C. The second kappa shape index (κ2) is 6.44. The number of carboxylic acid groups (broad SMARTS) is 1. The van der Waals surface area contributed by atoms with Crippen LogP contribution < -0.4 is 9.46 Å². The van der Waals surface area contributed by atoms with E-state index in [0.29, 0.717) is 16.9 Å². The van der Waals surface area contributed by atoms with Crippen LogP contribution in [0.4, 0.5) is 0 Å². The van der Waals surface area contributed by atoms with Crippen LogP contribution in [-0.4, -0.2) is 32.6 Å². The molecule has 0 spiro atoms. The maximum absolute atomic E-state index is 12.4. The molecular weight excluding hydrogens is 294 g/mol. The third-order valence-corrected chi connectivity index (χ3v) is 5.00. The third kappa shape index (κ3) is 3.74. The zero-order valence-corrected chi connectivity index (χ0v) is 13.6. The first-order chi connectivity index (χ1) is 9.61. The highest BCUT2D eigenvalue weighted by molar-refractivity contribution is 7.89. The highest BCUT2D eigenvalue weighted by Crippen LogP contribution is 2.27. The van der Waals surface area contributed by atoms with Crippen LogP contribution in [0.3, 0.4) is 0 Å². The number of aliphatic carboxylic acids is 1. The smallest absolute Gasteiger partial charge is 0.322 e. The number of sulfonamides is 1. The molecule has 2 N–H and O–H groups in total. The van der Waals surface area contributed by atoms with Gasteiger partial charge in [0.1, 0.15) is 11.8 Å². The fourth-order valence-electron chi connectivity index (χ4n) is 1.99. The first kappa shape index (κ1) is 17.5. The standard InChI is InChI=1S/C14H21NO5S/c1-8(2)13(14(16)17)15-21(18,19)12-7-6-11(20-5)9(3)10(12)4/h6-8,13,15H,1-5H3,(H,16,17). The molecule has 6 nitrogen and oxygen atoms in total. The maximum atomic E-state index is 12.4. The Morgan fingerprint density at radius 2 is 1.81 bits per heavy atom. The van der Waals surface area contributed by atoms with E-state index in [9.17, 15) is 13.2 Å². The molecule has 0 radical (unpaired) electrons. The van der Waals surface area contributed by atoms with Gasteiger partial charge in [-0.05, 0) is 43.0 Å². The summed E-state index contributed by atoms with van der Waals surface area (Å²) in [5, 5.41) is 9.11. The van der Waals surface area contributed by atoms with E-state index in [4.69, 9.17) is 9.84 Å². The fraction of sp³-hybridized carbons (Fsp3) is 0.500. The number of carboxylic acids is 1. The number of ether oxygens (including phenoxy) is 1. The molecule has 0 bridgehead atoms. The van der Waals surface area contributed by atoms with Gasteiger partial charge in [-0.2, -0.15) is 4.72 Å². The van der Waals surface area contributed by atoms with Crippen molar-refractivity contribution < 1.29 is 23.1 Å². The van der Waals surface area contributed by atoms with Gasteiger partial charge in [-0.1, -0.05) is 13.8 Å². The number of rotatable bonds is 6. The molecule has 0 saturated carbocycles. The van der Waals surface area contributed by atoms with E-state index in [1.54, 1.807) is 33.8 Å². The van der Waals surface area contributed by atoms with Gasteiger partial charge in [0.25, 0.3) is 0 Å². The topological polar surface area (TPSA) is 92.7 Å². The number of nitrogens with one attached hydrogen (secondary N) is 1. The summed E-state index contributed by atoms with van der Waals surface area (Å²) in [5.74, 6) is -0.974. The number of hydrogen-bond donors (Lipinski definition) is 2. The summed E-state index contributed by atoms with van der Waals surface area (Å²) in [6, 6.07) is 1.81. The minimum atomic E-state index is -3.91. The van der Waals surface area contributed by atoms with Gasteiger partial charge in [-0.25, -0.2) is 8.42 Å². The minimum Gasteiger partial charge on any atom is -0.496 e. The average molecular weight is 315 g/mol. The summed E-state index contributed by atoms with van der Waals surface area (Å²) >= 11 is 0. The van der Waals surface area contributed by atoms with Crippen molar-refractivity contribution in [1.82, 2.24) is 4.72 Å². The van der Waals surface area contributed by atoms with E-state index in [0.717, 1.165) is 0 Å². The zero-order chi connectivity index (χ0) is 16.4. The van der Waals surface area contributed by atoms with Gasteiger partial charge in [0.2, 0.25) is 10.0 Å². The molecule has 0 aliphatic rings. The molecule has 21 heavy (non-hydrogen) atoms. The van der Waals surface area contributed by atoms with Gasteiger partial charge in [0.05, 0.1) is 12.0 Å². The molecule has 1 unspecified atom stereocenters. The van der Waals surface area contributed by atoms with Gasteiger partial charge in [0, 0.05) is 0 Å². The predicted octanol–water partition coefficient (Wildman–Crippen LogP) is 1.70. The molecule has 0 saturated heterocycles. The molecule has 1 atom stereocenters. The van der Waals surface area contributed by atoms with Crippen molar-refractivity contribution in [2.75, 3.05) is 7.11 Å². The molecule has 1 aromatic rings. The molecule has 1 rings (SSSR count). The number of methoxy groups -OCH3 is 1. The lowest BCUT2D eigenvalue weighted by Gasteiger charge is -2.19. The van der Waals surface area contributed by atoms with Gasteiger partial charge >= 0.3 is 5.97 Å². The van der Waals surface area contributed by atoms with Crippen molar-refractivity contribution in [2.24, 2.45) is 5.92 Å². The number of hydrogen-bond acceptors (Lipinski definition) is 4. The Balaban J connectivity index is 3.26. The van der Waals surface area contributed by atoms with Gasteiger partial charge in [0.15, 0.2) is 0 Å². The molecule has 7 heteroatoms. The van der Waals surface area contributed by atoms with E-state index < -0.39 is 22.0 Å². The molecule has 0 aromatic heterocycles. The minimum absolute atomic E-state index is 0.0627. The van der Waals surface area contributed by atoms with Gasteiger partial charge in [-0.3, -0.25) is 4.79 Å². The summed E-state index contributed by atoms with van der Waals surface area (Å²) in [7, 11) is -2.41. The van der Waals surface area contributed by atoms with E-state index in [1.165, 1.54) is 13.2 Å². The van der Waals surface area contributed by atoms with Gasteiger partial charge in [-0.15, -0.1) is 0 Å². The molecule has 0 fully saturated rings. The van der Waals surface area contributed by atoms with Crippen LogP contribution in [-0.2, 0) is 14.8 Å². The Hall–Kier alpha value is -1.60. The van der Waals surface area contributed by atoms with Crippen molar-refractivity contribution >= 4 is 16.0 Å². The van der Waals surface area contributed by atoms with Crippen LogP contribution in [0.25, 0.3) is 0 Å². The Kier molecular flexibility index (Phi) is 5.36. The highest BCUT2D eigenvalue weighted by atomic mass is 32.2. The Morgan fingerprint density at radius 1 is 1.24 bits per heavy atom. The van der Waals surface area contributed by atoms with E-state index >= 15 is 0 Å². The second-order valence-electron chi connectivity index (χ2n) is 5.20. The summed E-state index contributed by atoms with van der Waals surface area (Å²) in [6.45, 7) is 6.71. The lowest BCUT2D eigenvalue weighted by molar-refractivity contribution is -0.140. The van der Waals surface area contributed by atoms with Crippen LogP contribution in [0.2, 0.25) is 0 Å². The largest absolute Gasteiger partial charge is 0.496 e. The van der Waals surface area contributed by atoms with Crippen molar-refractivity contribution in [2.45, 2.75) is 38.6 Å². The van der Waals surface area contributed by atoms with E-state index in [-0.39, 0.29) is 10.8 Å². The molecule has 1 aromatic carbocycles. The molecule has 0 amide bonds. The third-order valence-electron chi connectivity index (χ3n) is 3.41. The van der Waals surface area contributed by atoms with Crippen LogP contribution >= 0.6 is 0 Å². The molecular formula is C14H21NO5S. The number of benzene rings is 1. The molecule has 0 aliphatic carbocycles. The monoisotopic (exact) mass is 315 g/mol. The summed E-state index contributed by atoms with van der Waals surface area (Å²) in [4.78, 5) is 11.2. The average Bonchev–Trinajstić information content (AvgIpc) is 2.38. The molecule has 0 aliphatic heterocycles. The summed E-state index contributed by atoms with van der Waals surface area (Å²) < 4.78 is 32.2. The first-order valence-corrected chi connectivity index (χ1v) is 7.99. The molecule has 118 valence electrons. The van der Waals surface area contributed by atoms with Crippen molar-refractivity contribution in [3.63, 3.8) is 0 Å². The normalized spacial score (nSPS) is 13.2. The Morgan fingerprint density at radius 3 is 2.24 bits per heavy atom. The first-order valence-electron chi connectivity index (χ1n) is 6.51. The highest BCUT2D eigenvalue weighted by Gasteiger charge is 2.29.